The van der Waals surface area contributed by atoms with E-state index in [1.54, 1.807) is 37.4 Å². The van der Waals surface area contributed by atoms with Crippen LogP contribution < -0.4 is 10.6 Å². The number of amides is 2. The second kappa shape index (κ2) is 7.56. The highest BCUT2D eigenvalue weighted by Gasteiger charge is 2.03. The number of halogens is 1. The van der Waals surface area contributed by atoms with E-state index in [-0.39, 0.29) is 11.8 Å². The minimum Gasteiger partial charge on any atom is -0.355 e. The molecule has 0 unspecified atom stereocenters. The lowest BCUT2D eigenvalue weighted by Crippen LogP contribution is -2.17. The Labute approximate surface area is 137 Å². The van der Waals surface area contributed by atoms with Gasteiger partial charge in [0.1, 0.15) is 0 Å². The van der Waals surface area contributed by atoms with Crippen molar-refractivity contribution >= 4 is 39.5 Å². The molecule has 112 valence electrons. The van der Waals surface area contributed by atoms with E-state index < -0.39 is 0 Å². The number of nitrogens with one attached hydrogen (secondary N) is 2. The first-order chi connectivity index (χ1) is 10.6. The maximum atomic E-state index is 11.8. The van der Waals surface area contributed by atoms with Crippen LogP contribution in [-0.2, 0) is 4.79 Å². The zero-order valence-corrected chi connectivity index (χ0v) is 13.6. The van der Waals surface area contributed by atoms with Crippen LogP contribution in [0.25, 0.3) is 6.08 Å². The molecule has 0 radical (unpaired) electrons. The van der Waals surface area contributed by atoms with E-state index in [4.69, 9.17) is 0 Å². The van der Waals surface area contributed by atoms with Gasteiger partial charge in [0.2, 0.25) is 5.91 Å². The van der Waals surface area contributed by atoms with Gasteiger partial charge in [-0.25, -0.2) is 0 Å². The molecule has 0 bridgehead atoms. The summed E-state index contributed by atoms with van der Waals surface area (Å²) < 4.78 is 0.991. The highest BCUT2D eigenvalue weighted by atomic mass is 79.9. The van der Waals surface area contributed by atoms with Crippen LogP contribution in [0.5, 0.6) is 0 Å². The van der Waals surface area contributed by atoms with Crippen molar-refractivity contribution in [1.82, 2.24) is 5.32 Å². The van der Waals surface area contributed by atoms with E-state index >= 15 is 0 Å². The lowest BCUT2D eigenvalue weighted by molar-refractivity contribution is -0.111. The van der Waals surface area contributed by atoms with Gasteiger partial charge >= 0.3 is 0 Å². The minimum absolute atomic E-state index is 0.159. The summed E-state index contributed by atoms with van der Waals surface area (Å²) in [4.78, 5) is 23.3. The predicted molar refractivity (Wildman–Crippen MR) is 91.6 cm³/mol. The van der Waals surface area contributed by atoms with Crippen molar-refractivity contribution in [1.29, 1.82) is 0 Å². The molecule has 0 fully saturated rings. The molecule has 4 nitrogen and oxygen atoms in total. The molecule has 2 rings (SSSR count). The predicted octanol–water partition coefficient (Wildman–Crippen LogP) is 3.46. The Bertz CT molecular complexity index is 692. The Hall–Kier alpha value is -2.40. The van der Waals surface area contributed by atoms with Crippen LogP contribution in [0.2, 0.25) is 0 Å². The minimum atomic E-state index is -0.226. The number of hydrogen-bond acceptors (Lipinski definition) is 2. The average molecular weight is 359 g/mol. The molecule has 0 saturated carbocycles. The van der Waals surface area contributed by atoms with E-state index in [2.05, 4.69) is 26.6 Å². The fraction of sp³-hybridized carbons (Fsp3) is 0.0588. The normalized spacial score (nSPS) is 10.5. The van der Waals surface area contributed by atoms with Crippen molar-refractivity contribution in [2.45, 2.75) is 0 Å². The molecule has 2 amide bonds. The number of carbonyl (C=O) groups excluding carboxylic acids is 2. The van der Waals surface area contributed by atoms with Crippen molar-refractivity contribution in [3.8, 4) is 0 Å². The summed E-state index contributed by atoms with van der Waals surface area (Å²) in [6.45, 7) is 0. The zero-order valence-electron chi connectivity index (χ0n) is 12.0. The van der Waals surface area contributed by atoms with Crippen molar-refractivity contribution in [2.24, 2.45) is 0 Å². The Morgan fingerprint density at radius 1 is 1.00 bits per heavy atom. The van der Waals surface area contributed by atoms with Gasteiger partial charge in [-0.15, -0.1) is 0 Å². The first-order valence-corrected chi connectivity index (χ1v) is 7.44. The maximum Gasteiger partial charge on any atom is 0.251 e. The molecule has 0 heterocycles. The lowest BCUT2D eigenvalue weighted by Gasteiger charge is -2.04. The molecule has 2 aromatic rings. The third-order valence-electron chi connectivity index (χ3n) is 2.94. The summed E-state index contributed by atoms with van der Waals surface area (Å²) in [7, 11) is 1.57. The fourth-order valence-corrected chi connectivity index (χ4v) is 2.04. The molecule has 2 aromatic carbocycles. The van der Waals surface area contributed by atoms with Crippen LogP contribution in [0, 0.1) is 0 Å². The van der Waals surface area contributed by atoms with Crippen LogP contribution in [0.4, 0.5) is 5.69 Å². The number of hydrogen-bond donors (Lipinski definition) is 2. The van der Waals surface area contributed by atoms with Gasteiger partial charge in [-0.05, 0) is 48.0 Å². The molecule has 5 heteroatoms. The second-order valence-corrected chi connectivity index (χ2v) is 5.45. The average Bonchev–Trinajstić information content (AvgIpc) is 2.54. The van der Waals surface area contributed by atoms with Crippen LogP contribution >= 0.6 is 15.9 Å². The first-order valence-electron chi connectivity index (χ1n) is 6.65. The Morgan fingerprint density at radius 3 is 2.23 bits per heavy atom. The number of rotatable bonds is 4. The molecule has 0 aromatic heterocycles. The van der Waals surface area contributed by atoms with E-state index in [9.17, 15) is 9.59 Å². The summed E-state index contributed by atoms with van der Waals surface area (Å²) in [5.41, 5.74) is 2.12. The van der Waals surface area contributed by atoms with E-state index in [1.807, 2.05) is 24.3 Å². The summed E-state index contributed by atoms with van der Waals surface area (Å²) in [5.74, 6) is -0.386. The van der Waals surface area contributed by atoms with E-state index in [1.165, 1.54) is 6.08 Å². The van der Waals surface area contributed by atoms with Gasteiger partial charge in [-0.1, -0.05) is 28.1 Å². The van der Waals surface area contributed by atoms with Crippen LogP contribution in [-0.4, -0.2) is 18.9 Å². The first kappa shape index (κ1) is 16.0. The van der Waals surface area contributed by atoms with Gasteiger partial charge in [0.25, 0.3) is 5.91 Å². The maximum absolute atomic E-state index is 11.8. The lowest BCUT2D eigenvalue weighted by atomic mass is 10.2. The largest absolute Gasteiger partial charge is 0.355 e. The SMILES string of the molecule is CNC(=O)c1ccc(NC(=O)/C=C/c2ccc(Br)cc2)cc1. The second-order valence-electron chi connectivity index (χ2n) is 4.53. The quantitative estimate of drug-likeness (QED) is 0.822. The molecule has 0 atom stereocenters. The molecule has 22 heavy (non-hydrogen) atoms. The fourth-order valence-electron chi connectivity index (χ4n) is 1.78. The summed E-state index contributed by atoms with van der Waals surface area (Å²) in [5, 5.41) is 5.28. The number of anilines is 1. The Kier molecular flexibility index (Phi) is 5.49. The Morgan fingerprint density at radius 2 is 1.64 bits per heavy atom. The Balaban J connectivity index is 1.97. The van der Waals surface area contributed by atoms with Gasteiger partial charge in [-0.3, -0.25) is 9.59 Å². The smallest absolute Gasteiger partial charge is 0.251 e. The molecule has 0 aliphatic heterocycles. The third kappa shape index (κ3) is 4.56. The molecule has 0 aliphatic carbocycles. The van der Waals surface area contributed by atoms with E-state index in [0.717, 1.165) is 10.0 Å². The summed E-state index contributed by atoms with van der Waals surface area (Å²) >= 11 is 3.36. The van der Waals surface area contributed by atoms with Gasteiger partial charge in [0.15, 0.2) is 0 Å². The van der Waals surface area contributed by atoms with Gasteiger partial charge in [-0.2, -0.15) is 0 Å². The monoisotopic (exact) mass is 358 g/mol. The standard InChI is InChI=1S/C17H15BrN2O2/c1-19-17(22)13-5-9-15(10-6-13)20-16(21)11-4-12-2-7-14(18)8-3-12/h2-11H,1H3,(H,19,22)(H,20,21)/b11-4+. The summed E-state index contributed by atoms with van der Waals surface area (Å²) in [6, 6.07) is 14.3. The highest BCUT2D eigenvalue weighted by molar-refractivity contribution is 9.10. The van der Waals surface area contributed by atoms with Crippen molar-refractivity contribution in [2.75, 3.05) is 12.4 Å². The van der Waals surface area contributed by atoms with Crippen LogP contribution in [0.1, 0.15) is 15.9 Å². The van der Waals surface area contributed by atoms with Crippen LogP contribution in [0.15, 0.2) is 59.1 Å². The number of carbonyl (C=O) groups is 2. The topological polar surface area (TPSA) is 58.2 Å². The van der Waals surface area contributed by atoms with Crippen LogP contribution in [0.3, 0.4) is 0 Å². The van der Waals surface area contributed by atoms with Gasteiger partial charge in [0, 0.05) is 28.8 Å². The van der Waals surface area contributed by atoms with E-state index in [0.29, 0.717) is 11.3 Å². The van der Waals surface area contributed by atoms with Crippen molar-refractivity contribution < 1.29 is 9.59 Å². The highest BCUT2D eigenvalue weighted by Crippen LogP contribution is 2.12. The molecule has 0 spiro atoms. The third-order valence-corrected chi connectivity index (χ3v) is 3.47. The van der Waals surface area contributed by atoms with Crippen molar-refractivity contribution in [3.63, 3.8) is 0 Å². The summed E-state index contributed by atoms with van der Waals surface area (Å²) in [6.07, 6.45) is 3.20. The molecule has 0 aliphatic rings. The van der Waals surface area contributed by atoms with Gasteiger partial charge < -0.3 is 10.6 Å². The van der Waals surface area contributed by atoms with Crippen molar-refractivity contribution in [3.05, 3.63) is 70.2 Å². The molecule has 0 saturated heterocycles. The zero-order chi connectivity index (χ0) is 15.9. The molecule has 2 N–H and O–H groups in total. The molecular weight excluding hydrogens is 344 g/mol. The molecular formula is C17H15BrN2O2. The number of benzene rings is 2. The van der Waals surface area contributed by atoms with Gasteiger partial charge in [0.05, 0.1) is 0 Å².